The third kappa shape index (κ3) is 59.2. The molecule has 0 saturated heterocycles. The van der Waals surface area contributed by atoms with Crippen molar-refractivity contribution in [1.82, 2.24) is 0 Å². The standard InChI is InChI=1S/C68H116O6/c1-4-7-10-13-16-19-22-25-27-29-31-32-33-34-35-36-38-39-41-43-46-49-52-55-58-61-67(70)73-64-65(63-72-66(69)60-57-54-51-48-45-24-21-18-15-12-9-6-3)74-68(71)62-59-56-53-50-47-44-42-40-37-30-28-26-23-20-17-14-11-8-5-2/h7,10,16-21,25-28,31-32,34-35,65H,4-6,8-9,11-15,22-24,29-30,33,36-64H2,1-3H3/b10-7-,19-16-,20-17-,21-18-,27-25-,28-26-,32-31-,35-34-. The number of esters is 3. The number of allylic oxidation sites excluding steroid dienone is 16. The molecule has 0 heterocycles. The Morgan fingerprint density at radius 2 is 0.527 bits per heavy atom. The summed E-state index contributed by atoms with van der Waals surface area (Å²) in [5.74, 6) is -0.896. The maximum atomic E-state index is 12.9. The lowest BCUT2D eigenvalue weighted by Crippen LogP contribution is -2.30. The van der Waals surface area contributed by atoms with Crippen molar-refractivity contribution in [2.45, 2.75) is 303 Å². The molecule has 0 aliphatic heterocycles. The molecule has 0 amide bonds. The van der Waals surface area contributed by atoms with E-state index in [0.717, 1.165) is 109 Å². The molecular weight excluding hydrogens is 913 g/mol. The normalized spacial score (nSPS) is 12.7. The molecule has 0 aromatic carbocycles. The van der Waals surface area contributed by atoms with Gasteiger partial charge in [0, 0.05) is 19.3 Å². The van der Waals surface area contributed by atoms with Crippen molar-refractivity contribution in [1.29, 1.82) is 0 Å². The van der Waals surface area contributed by atoms with Crippen LogP contribution in [0, 0.1) is 0 Å². The third-order valence-electron chi connectivity index (χ3n) is 13.3. The Hall–Kier alpha value is -3.67. The van der Waals surface area contributed by atoms with E-state index in [0.29, 0.717) is 19.3 Å². The van der Waals surface area contributed by atoms with E-state index in [1.165, 1.54) is 148 Å². The minimum absolute atomic E-state index is 0.0845. The molecular formula is C68H116O6. The molecule has 0 aromatic heterocycles. The average Bonchev–Trinajstić information content (AvgIpc) is 3.40. The summed E-state index contributed by atoms with van der Waals surface area (Å²) < 4.78 is 16.9. The minimum atomic E-state index is -0.787. The highest BCUT2D eigenvalue weighted by atomic mass is 16.6. The fourth-order valence-corrected chi connectivity index (χ4v) is 8.61. The number of hydrogen-bond donors (Lipinski definition) is 0. The van der Waals surface area contributed by atoms with Gasteiger partial charge in [0.2, 0.25) is 0 Å². The predicted molar refractivity (Wildman–Crippen MR) is 320 cm³/mol. The van der Waals surface area contributed by atoms with E-state index in [1.54, 1.807) is 0 Å². The van der Waals surface area contributed by atoms with Crippen molar-refractivity contribution in [3.63, 3.8) is 0 Å². The summed E-state index contributed by atoms with van der Waals surface area (Å²) in [5, 5.41) is 0. The maximum Gasteiger partial charge on any atom is 0.306 e. The van der Waals surface area contributed by atoms with Gasteiger partial charge in [-0.25, -0.2) is 0 Å². The molecule has 1 unspecified atom stereocenters. The van der Waals surface area contributed by atoms with Gasteiger partial charge in [0.05, 0.1) is 0 Å². The van der Waals surface area contributed by atoms with Crippen molar-refractivity contribution in [2.24, 2.45) is 0 Å². The van der Waals surface area contributed by atoms with Gasteiger partial charge >= 0.3 is 17.9 Å². The van der Waals surface area contributed by atoms with Crippen LogP contribution in [0.5, 0.6) is 0 Å². The number of hydrogen-bond acceptors (Lipinski definition) is 6. The summed E-state index contributed by atoms with van der Waals surface area (Å²) >= 11 is 0. The molecule has 0 spiro atoms. The van der Waals surface area contributed by atoms with E-state index in [2.05, 4.69) is 118 Å². The first kappa shape index (κ1) is 70.3. The van der Waals surface area contributed by atoms with E-state index in [1.807, 2.05) is 0 Å². The molecule has 1 atom stereocenters. The number of rotatable bonds is 56. The number of unbranched alkanes of at least 4 members (excludes halogenated alkanes) is 29. The first-order chi connectivity index (χ1) is 36.5. The third-order valence-corrected chi connectivity index (χ3v) is 13.3. The van der Waals surface area contributed by atoms with Gasteiger partial charge in [-0.1, -0.05) is 253 Å². The van der Waals surface area contributed by atoms with Gasteiger partial charge < -0.3 is 14.2 Å². The molecule has 74 heavy (non-hydrogen) atoms. The van der Waals surface area contributed by atoms with E-state index in [-0.39, 0.29) is 31.1 Å². The monoisotopic (exact) mass is 1030 g/mol. The molecule has 0 saturated carbocycles. The number of carbonyl (C=O) groups excluding carboxylic acids is 3. The lowest BCUT2D eigenvalue weighted by Gasteiger charge is -2.18. The Morgan fingerprint density at radius 1 is 0.284 bits per heavy atom. The van der Waals surface area contributed by atoms with Crippen molar-refractivity contribution < 1.29 is 28.6 Å². The second-order valence-corrected chi connectivity index (χ2v) is 20.6. The molecule has 0 N–H and O–H groups in total. The number of ether oxygens (including phenoxy) is 3. The van der Waals surface area contributed by atoms with Crippen LogP contribution in [0.4, 0.5) is 0 Å². The second-order valence-electron chi connectivity index (χ2n) is 20.6. The Labute approximate surface area is 457 Å². The van der Waals surface area contributed by atoms with Gasteiger partial charge in [-0.3, -0.25) is 14.4 Å². The van der Waals surface area contributed by atoms with Crippen molar-refractivity contribution in [2.75, 3.05) is 13.2 Å². The molecule has 0 rings (SSSR count). The Balaban J connectivity index is 4.33. The molecule has 0 aliphatic carbocycles. The maximum absolute atomic E-state index is 12.9. The zero-order chi connectivity index (χ0) is 53.6. The fraction of sp³-hybridized carbons (Fsp3) is 0.721. The Kier molecular flexibility index (Phi) is 58.8. The van der Waals surface area contributed by atoms with Crippen molar-refractivity contribution in [3.05, 3.63) is 97.2 Å². The molecule has 6 nitrogen and oxygen atoms in total. The fourth-order valence-electron chi connectivity index (χ4n) is 8.61. The van der Waals surface area contributed by atoms with Gasteiger partial charge in [0.15, 0.2) is 6.10 Å². The highest BCUT2D eigenvalue weighted by molar-refractivity contribution is 5.71. The molecule has 0 aliphatic rings. The average molecular weight is 1030 g/mol. The van der Waals surface area contributed by atoms with Crippen LogP contribution in [0.2, 0.25) is 0 Å². The topological polar surface area (TPSA) is 78.9 Å². The first-order valence-electron chi connectivity index (χ1n) is 31.2. The summed E-state index contributed by atoms with van der Waals surface area (Å²) in [5.41, 5.74) is 0. The van der Waals surface area contributed by atoms with Crippen LogP contribution in [-0.4, -0.2) is 37.2 Å². The summed E-state index contributed by atoms with van der Waals surface area (Å²) in [4.78, 5) is 38.3. The smallest absolute Gasteiger partial charge is 0.306 e. The minimum Gasteiger partial charge on any atom is -0.462 e. The highest BCUT2D eigenvalue weighted by Crippen LogP contribution is 2.16. The Bertz CT molecular complexity index is 1460. The molecule has 424 valence electrons. The SMILES string of the molecule is CC/C=C\C/C=C\C/C=C\C/C=C\C/C=C\CCCCCCCCCCCC(=O)OCC(COC(=O)CCCCCCC/C=C\CCCCC)OC(=O)CCCCCCCCCCC/C=C\C/C=C\CCCCC. The van der Waals surface area contributed by atoms with Crippen LogP contribution in [0.25, 0.3) is 0 Å². The first-order valence-corrected chi connectivity index (χ1v) is 31.2. The zero-order valence-corrected chi connectivity index (χ0v) is 48.6. The molecule has 0 fully saturated rings. The van der Waals surface area contributed by atoms with Gasteiger partial charge in [-0.2, -0.15) is 0 Å². The van der Waals surface area contributed by atoms with Crippen LogP contribution in [-0.2, 0) is 28.6 Å². The quantitative estimate of drug-likeness (QED) is 0.0261. The van der Waals surface area contributed by atoms with Crippen LogP contribution < -0.4 is 0 Å². The summed E-state index contributed by atoms with van der Waals surface area (Å²) in [6.45, 7) is 6.48. The lowest BCUT2D eigenvalue weighted by atomic mass is 10.1. The van der Waals surface area contributed by atoms with E-state index < -0.39 is 6.10 Å². The van der Waals surface area contributed by atoms with Crippen LogP contribution in [0.1, 0.15) is 297 Å². The Morgan fingerprint density at radius 3 is 0.838 bits per heavy atom. The molecule has 6 heteroatoms. The van der Waals surface area contributed by atoms with Gasteiger partial charge in [0.1, 0.15) is 13.2 Å². The van der Waals surface area contributed by atoms with Crippen molar-refractivity contribution >= 4 is 17.9 Å². The van der Waals surface area contributed by atoms with E-state index in [4.69, 9.17) is 14.2 Å². The van der Waals surface area contributed by atoms with Gasteiger partial charge in [-0.15, -0.1) is 0 Å². The summed E-state index contributed by atoms with van der Waals surface area (Å²) in [7, 11) is 0. The van der Waals surface area contributed by atoms with E-state index in [9.17, 15) is 14.4 Å². The largest absolute Gasteiger partial charge is 0.462 e. The van der Waals surface area contributed by atoms with Crippen molar-refractivity contribution in [3.8, 4) is 0 Å². The summed E-state index contributed by atoms with van der Waals surface area (Å²) in [6, 6.07) is 0. The highest BCUT2D eigenvalue weighted by Gasteiger charge is 2.19. The lowest BCUT2D eigenvalue weighted by molar-refractivity contribution is -0.167. The van der Waals surface area contributed by atoms with Gasteiger partial charge in [-0.05, 0) is 122 Å². The van der Waals surface area contributed by atoms with Crippen LogP contribution in [0.15, 0.2) is 97.2 Å². The van der Waals surface area contributed by atoms with E-state index >= 15 is 0 Å². The summed E-state index contributed by atoms with van der Waals surface area (Å²) in [6.07, 6.45) is 82.6. The van der Waals surface area contributed by atoms with Crippen LogP contribution >= 0.6 is 0 Å². The molecule has 0 aromatic rings. The van der Waals surface area contributed by atoms with Crippen LogP contribution in [0.3, 0.4) is 0 Å². The zero-order valence-electron chi connectivity index (χ0n) is 48.6. The van der Waals surface area contributed by atoms with Gasteiger partial charge in [0.25, 0.3) is 0 Å². The molecule has 0 radical (unpaired) electrons. The second kappa shape index (κ2) is 61.9. The predicted octanol–water partition coefficient (Wildman–Crippen LogP) is 21.3. The number of carbonyl (C=O) groups is 3. The molecule has 0 bridgehead atoms.